The number of benzene rings is 2. The average Bonchev–Trinajstić information content (AvgIpc) is 2.67. The molecule has 0 aliphatic carbocycles. The highest BCUT2D eigenvalue weighted by atomic mass is 16.3. The summed E-state index contributed by atoms with van der Waals surface area (Å²) in [6, 6.07) is 23.0. The van der Waals surface area contributed by atoms with Gasteiger partial charge in [0.1, 0.15) is 0 Å². The van der Waals surface area contributed by atoms with Crippen LogP contribution in [0.2, 0.25) is 0 Å². The summed E-state index contributed by atoms with van der Waals surface area (Å²) in [5, 5.41) is 10.2. The second-order valence-electron chi connectivity index (χ2n) is 6.16. The Labute approximate surface area is 143 Å². The molecule has 0 fully saturated rings. The van der Waals surface area contributed by atoms with Crippen molar-refractivity contribution in [3.8, 4) is 11.1 Å². The number of aromatic nitrogens is 1. The van der Waals surface area contributed by atoms with Crippen molar-refractivity contribution in [1.29, 1.82) is 0 Å². The molecule has 122 valence electrons. The third kappa shape index (κ3) is 4.77. The van der Waals surface area contributed by atoms with Crippen LogP contribution in [0.1, 0.15) is 24.0 Å². The normalized spacial score (nSPS) is 12.0. The number of aliphatic hydroxyl groups excluding tert-OH is 1. The zero-order chi connectivity index (χ0) is 16.6. The van der Waals surface area contributed by atoms with Gasteiger partial charge in [0.25, 0.3) is 0 Å². The Hall–Kier alpha value is -2.45. The smallest absolute Gasteiger partial charge is 0.0546 e. The molecule has 3 rings (SSSR count). The van der Waals surface area contributed by atoms with Gasteiger partial charge < -0.3 is 5.11 Å². The lowest BCUT2D eigenvalue weighted by Gasteiger charge is -2.11. The number of aliphatic hydroxyl groups is 1. The second kappa shape index (κ2) is 8.42. The first-order chi connectivity index (χ1) is 11.8. The molecule has 0 aliphatic rings. The number of hydrogen-bond acceptors (Lipinski definition) is 2. The molecule has 0 spiro atoms. The molecule has 1 atom stereocenters. The molecule has 2 heteroatoms. The largest absolute Gasteiger partial charge is 0.393 e. The maximum absolute atomic E-state index is 10.2. The maximum atomic E-state index is 10.2. The first-order valence-electron chi connectivity index (χ1n) is 8.52. The quantitative estimate of drug-likeness (QED) is 0.686. The van der Waals surface area contributed by atoms with Crippen LogP contribution in [0.3, 0.4) is 0 Å². The van der Waals surface area contributed by atoms with E-state index >= 15 is 0 Å². The van der Waals surface area contributed by atoms with Crippen LogP contribution in [0.4, 0.5) is 0 Å². The first-order valence-corrected chi connectivity index (χ1v) is 8.52. The third-order valence-electron chi connectivity index (χ3n) is 4.32. The summed E-state index contributed by atoms with van der Waals surface area (Å²) in [4.78, 5) is 4.11. The number of aryl methyl sites for hydroxylation is 2. The molecule has 24 heavy (non-hydrogen) atoms. The summed E-state index contributed by atoms with van der Waals surface area (Å²) in [6.45, 7) is 0. The summed E-state index contributed by atoms with van der Waals surface area (Å²) in [5.74, 6) is 0. The van der Waals surface area contributed by atoms with Crippen molar-refractivity contribution in [2.75, 3.05) is 0 Å². The summed E-state index contributed by atoms with van der Waals surface area (Å²) >= 11 is 0. The van der Waals surface area contributed by atoms with E-state index in [9.17, 15) is 5.11 Å². The van der Waals surface area contributed by atoms with Gasteiger partial charge >= 0.3 is 0 Å². The zero-order valence-electron chi connectivity index (χ0n) is 13.8. The summed E-state index contributed by atoms with van der Waals surface area (Å²) in [7, 11) is 0. The van der Waals surface area contributed by atoms with Gasteiger partial charge in [-0.15, -0.1) is 0 Å². The summed E-state index contributed by atoms with van der Waals surface area (Å²) in [5.41, 5.74) is 4.93. The van der Waals surface area contributed by atoms with E-state index in [1.165, 1.54) is 22.3 Å². The molecule has 0 bridgehead atoms. The summed E-state index contributed by atoms with van der Waals surface area (Å²) < 4.78 is 0. The molecular weight excluding hydrogens is 294 g/mol. The Morgan fingerprint density at radius 1 is 0.708 bits per heavy atom. The van der Waals surface area contributed by atoms with E-state index in [0.29, 0.717) is 0 Å². The van der Waals surface area contributed by atoms with Gasteiger partial charge in [-0.3, -0.25) is 4.98 Å². The average molecular weight is 317 g/mol. The first kappa shape index (κ1) is 16.4. The van der Waals surface area contributed by atoms with Crippen LogP contribution < -0.4 is 0 Å². The lowest BCUT2D eigenvalue weighted by atomic mass is 9.99. The minimum absolute atomic E-state index is 0.265. The minimum Gasteiger partial charge on any atom is -0.393 e. The van der Waals surface area contributed by atoms with Crippen molar-refractivity contribution in [2.45, 2.75) is 31.8 Å². The van der Waals surface area contributed by atoms with Crippen LogP contribution in [-0.2, 0) is 12.8 Å². The molecular formula is C22H23NO. The van der Waals surface area contributed by atoms with Crippen molar-refractivity contribution in [3.63, 3.8) is 0 Å². The Balaban J connectivity index is 1.48. The molecule has 1 heterocycles. The van der Waals surface area contributed by atoms with Crippen LogP contribution in [0.15, 0.2) is 79.1 Å². The number of nitrogens with zero attached hydrogens (tertiary/aromatic N) is 1. The molecule has 3 aromatic rings. The molecule has 0 radical (unpaired) electrons. The van der Waals surface area contributed by atoms with Crippen LogP contribution >= 0.6 is 0 Å². The van der Waals surface area contributed by atoms with Gasteiger partial charge in [-0.05, 0) is 54.0 Å². The molecule has 2 aromatic carbocycles. The fourth-order valence-electron chi connectivity index (χ4n) is 2.85. The second-order valence-corrected chi connectivity index (χ2v) is 6.16. The summed E-state index contributed by atoms with van der Waals surface area (Å²) in [6.07, 6.45) is 6.75. The predicted octanol–water partition coefficient (Wildman–Crippen LogP) is 4.67. The van der Waals surface area contributed by atoms with E-state index in [1.807, 2.05) is 18.3 Å². The van der Waals surface area contributed by atoms with Crippen molar-refractivity contribution in [3.05, 3.63) is 90.3 Å². The monoisotopic (exact) mass is 317 g/mol. The SMILES string of the molecule is OC(CCc1ccc(-c2ccccc2)cc1)CCc1cccnc1. The van der Waals surface area contributed by atoms with E-state index in [1.54, 1.807) is 6.20 Å². The molecule has 0 saturated heterocycles. The zero-order valence-corrected chi connectivity index (χ0v) is 13.8. The highest BCUT2D eigenvalue weighted by Gasteiger charge is 2.06. The van der Waals surface area contributed by atoms with Crippen molar-refractivity contribution < 1.29 is 5.11 Å². The van der Waals surface area contributed by atoms with E-state index < -0.39 is 0 Å². The predicted molar refractivity (Wildman–Crippen MR) is 98.8 cm³/mol. The highest BCUT2D eigenvalue weighted by Crippen LogP contribution is 2.20. The Kier molecular flexibility index (Phi) is 5.75. The third-order valence-corrected chi connectivity index (χ3v) is 4.32. The molecule has 0 amide bonds. The van der Waals surface area contributed by atoms with Gasteiger partial charge in [-0.1, -0.05) is 60.7 Å². The minimum atomic E-state index is -0.265. The molecule has 0 aliphatic heterocycles. The number of rotatable bonds is 7. The fraction of sp³-hybridized carbons (Fsp3) is 0.227. The Morgan fingerprint density at radius 3 is 2.04 bits per heavy atom. The van der Waals surface area contributed by atoms with Gasteiger partial charge in [0, 0.05) is 12.4 Å². The fourth-order valence-corrected chi connectivity index (χ4v) is 2.85. The van der Waals surface area contributed by atoms with Gasteiger partial charge in [0.05, 0.1) is 6.10 Å². The van der Waals surface area contributed by atoms with Gasteiger partial charge in [0.2, 0.25) is 0 Å². The lowest BCUT2D eigenvalue weighted by Crippen LogP contribution is -2.09. The molecule has 1 N–H and O–H groups in total. The van der Waals surface area contributed by atoms with Crippen molar-refractivity contribution >= 4 is 0 Å². The topological polar surface area (TPSA) is 33.1 Å². The van der Waals surface area contributed by atoms with Crippen molar-refractivity contribution in [1.82, 2.24) is 4.98 Å². The standard InChI is InChI=1S/C22H23NO/c24-22(15-11-19-5-4-16-23-17-19)14-10-18-8-12-21(13-9-18)20-6-2-1-3-7-20/h1-9,12-13,16-17,22,24H,10-11,14-15H2. The number of hydrogen-bond donors (Lipinski definition) is 1. The van der Waals surface area contributed by atoms with E-state index in [2.05, 4.69) is 59.6 Å². The molecule has 1 unspecified atom stereocenters. The van der Waals surface area contributed by atoms with E-state index in [0.717, 1.165) is 25.7 Å². The maximum Gasteiger partial charge on any atom is 0.0546 e. The van der Waals surface area contributed by atoms with Gasteiger partial charge in [-0.25, -0.2) is 0 Å². The van der Waals surface area contributed by atoms with Gasteiger partial charge in [-0.2, -0.15) is 0 Å². The Bertz CT molecular complexity index is 723. The van der Waals surface area contributed by atoms with Crippen LogP contribution in [0, 0.1) is 0 Å². The van der Waals surface area contributed by atoms with Crippen molar-refractivity contribution in [2.24, 2.45) is 0 Å². The van der Waals surface area contributed by atoms with Crippen LogP contribution in [0.5, 0.6) is 0 Å². The Morgan fingerprint density at radius 2 is 1.38 bits per heavy atom. The lowest BCUT2D eigenvalue weighted by molar-refractivity contribution is 0.155. The molecule has 1 aromatic heterocycles. The van der Waals surface area contributed by atoms with E-state index in [4.69, 9.17) is 0 Å². The van der Waals surface area contributed by atoms with Crippen LogP contribution in [0.25, 0.3) is 11.1 Å². The van der Waals surface area contributed by atoms with Gasteiger partial charge in [0.15, 0.2) is 0 Å². The highest BCUT2D eigenvalue weighted by molar-refractivity contribution is 5.63. The van der Waals surface area contributed by atoms with E-state index in [-0.39, 0.29) is 6.10 Å². The number of pyridine rings is 1. The molecule has 2 nitrogen and oxygen atoms in total. The molecule has 0 saturated carbocycles. The van der Waals surface area contributed by atoms with Crippen LogP contribution in [-0.4, -0.2) is 16.2 Å².